The highest BCUT2D eigenvalue weighted by Gasteiger charge is 2.45. The van der Waals surface area contributed by atoms with E-state index in [1.807, 2.05) is 5.38 Å². The summed E-state index contributed by atoms with van der Waals surface area (Å²) >= 11 is 7.17. The number of carbonyl (C=O) groups is 1. The van der Waals surface area contributed by atoms with Gasteiger partial charge in [0, 0.05) is 34.4 Å². The predicted molar refractivity (Wildman–Crippen MR) is 156 cm³/mol. The van der Waals surface area contributed by atoms with Crippen molar-refractivity contribution in [2.45, 2.75) is 30.9 Å². The number of carbonyl (C=O) groups excluding carboxylic acids is 1. The molecule has 3 aromatic carbocycles. The van der Waals surface area contributed by atoms with Crippen molar-refractivity contribution in [1.82, 2.24) is 19.7 Å². The molecule has 43 heavy (non-hydrogen) atoms. The minimum atomic E-state index is -1.58. The Morgan fingerprint density at radius 2 is 1.91 bits per heavy atom. The van der Waals surface area contributed by atoms with E-state index in [1.54, 1.807) is 55.5 Å². The van der Waals surface area contributed by atoms with Crippen LogP contribution in [0, 0.1) is 23.0 Å². The number of benzene rings is 3. The number of esters is 1. The van der Waals surface area contributed by atoms with Crippen LogP contribution in [-0.4, -0.2) is 32.5 Å². The molecule has 218 valence electrons. The summed E-state index contributed by atoms with van der Waals surface area (Å²) in [6.45, 7) is 1.18. The monoisotopic (exact) mass is 619 g/mol. The third-order valence-corrected chi connectivity index (χ3v) is 8.34. The first-order valence-corrected chi connectivity index (χ1v) is 14.4. The van der Waals surface area contributed by atoms with Gasteiger partial charge < -0.3 is 9.47 Å². The Labute approximate surface area is 255 Å². The standard InChI is InChI=1S/C31H24ClF2N5O3S/c1-20(29-38-28(15-43-29)23-6-4-22(14-35)5-7-23)31(16-39-18-36-17-37-39,26-11-10-25(33)12-27(26)34)42-19-41-30(40)24-8-2-21(13-32)3-9-24/h2-12,15,17-18,20H,13,16,19H2,1H3. The summed E-state index contributed by atoms with van der Waals surface area (Å²) in [7, 11) is 0. The predicted octanol–water partition coefficient (Wildman–Crippen LogP) is 6.82. The molecule has 12 heteroatoms. The van der Waals surface area contributed by atoms with Gasteiger partial charge in [-0.25, -0.2) is 28.2 Å². The van der Waals surface area contributed by atoms with E-state index in [9.17, 15) is 9.18 Å². The van der Waals surface area contributed by atoms with Gasteiger partial charge in [-0.15, -0.1) is 22.9 Å². The van der Waals surface area contributed by atoms with Crippen LogP contribution in [0.2, 0.25) is 0 Å². The third kappa shape index (κ3) is 6.62. The molecule has 2 aromatic heterocycles. The molecule has 2 heterocycles. The van der Waals surface area contributed by atoms with E-state index in [2.05, 4.69) is 16.2 Å². The van der Waals surface area contributed by atoms with Crippen LogP contribution in [0.5, 0.6) is 0 Å². The Kier molecular flexibility index (Phi) is 9.21. The molecule has 2 atom stereocenters. The van der Waals surface area contributed by atoms with Crippen molar-refractivity contribution in [3.8, 4) is 17.3 Å². The van der Waals surface area contributed by atoms with Gasteiger partial charge in [-0.05, 0) is 35.9 Å². The van der Waals surface area contributed by atoms with Crippen molar-refractivity contribution >= 4 is 28.9 Å². The molecule has 0 radical (unpaired) electrons. The van der Waals surface area contributed by atoms with Gasteiger partial charge in [0.25, 0.3) is 0 Å². The summed E-state index contributed by atoms with van der Waals surface area (Å²) in [5.41, 5.74) is 1.53. The van der Waals surface area contributed by atoms with Crippen LogP contribution < -0.4 is 0 Å². The van der Waals surface area contributed by atoms with E-state index in [1.165, 1.54) is 34.7 Å². The number of hydrogen-bond acceptors (Lipinski definition) is 8. The first-order valence-electron chi connectivity index (χ1n) is 13.0. The molecule has 2 unspecified atom stereocenters. The SMILES string of the molecule is CC(c1nc(-c2ccc(C#N)cc2)cs1)C(Cn1cncn1)(OCOC(=O)c1ccc(CCl)cc1)c1ccc(F)cc1F. The van der Waals surface area contributed by atoms with Crippen LogP contribution >= 0.6 is 22.9 Å². The molecule has 0 saturated heterocycles. The number of ether oxygens (including phenoxy) is 2. The highest BCUT2D eigenvalue weighted by molar-refractivity contribution is 7.10. The quantitative estimate of drug-likeness (QED) is 0.0908. The fraction of sp³-hybridized carbons (Fsp3) is 0.194. The Balaban J connectivity index is 1.51. The van der Waals surface area contributed by atoms with Crippen molar-refractivity contribution < 1.29 is 23.0 Å². The zero-order chi connectivity index (χ0) is 30.4. The lowest BCUT2D eigenvalue weighted by Crippen LogP contribution is -2.42. The van der Waals surface area contributed by atoms with Gasteiger partial charge in [0.2, 0.25) is 0 Å². The van der Waals surface area contributed by atoms with E-state index < -0.39 is 35.9 Å². The molecule has 5 rings (SSSR count). The van der Waals surface area contributed by atoms with E-state index in [0.29, 0.717) is 22.1 Å². The number of hydrogen-bond donors (Lipinski definition) is 0. The molecular weight excluding hydrogens is 596 g/mol. The first-order chi connectivity index (χ1) is 20.8. The third-order valence-electron chi connectivity index (χ3n) is 7.00. The van der Waals surface area contributed by atoms with Crippen LogP contribution in [0.15, 0.2) is 84.8 Å². The van der Waals surface area contributed by atoms with Gasteiger partial charge in [0.05, 0.1) is 34.4 Å². The maximum atomic E-state index is 15.6. The van der Waals surface area contributed by atoms with Crippen molar-refractivity contribution in [1.29, 1.82) is 5.26 Å². The molecule has 0 aliphatic heterocycles. The van der Waals surface area contributed by atoms with Crippen LogP contribution in [0.1, 0.15) is 44.9 Å². The number of rotatable bonds is 11. The van der Waals surface area contributed by atoms with Gasteiger partial charge in [0.1, 0.15) is 29.9 Å². The van der Waals surface area contributed by atoms with Crippen molar-refractivity contribution in [2.24, 2.45) is 0 Å². The molecule has 0 bridgehead atoms. The lowest BCUT2D eigenvalue weighted by atomic mass is 9.81. The molecule has 0 spiro atoms. The van der Waals surface area contributed by atoms with Crippen LogP contribution in [-0.2, 0) is 27.5 Å². The summed E-state index contributed by atoms with van der Waals surface area (Å²) in [5.74, 6) is -2.61. The first kappa shape index (κ1) is 30.0. The van der Waals surface area contributed by atoms with E-state index in [4.69, 9.17) is 31.3 Å². The largest absolute Gasteiger partial charge is 0.435 e. The van der Waals surface area contributed by atoms with Gasteiger partial charge >= 0.3 is 5.97 Å². The Morgan fingerprint density at radius 3 is 2.56 bits per heavy atom. The lowest BCUT2D eigenvalue weighted by molar-refractivity contribution is -0.148. The molecule has 5 aromatic rings. The zero-order valence-corrected chi connectivity index (χ0v) is 24.4. The van der Waals surface area contributed by atoms with Crippen molar-refractivity contribution in [2.75, 3.05) is 6.79 Å². The molecule has 0 amide bonds. The number of thiazole rings is 1. The molecule has 0 aliphatic carbocycles. The van der Waals surface area contributed by atoms with Crippen LogP contribution in [0.4, 0.5) is 8.78 Å². The van der Waals surface area contributed by atoms with Crippen LogP contribution in [0.3, 0.4) is 0 Å². The fourth-order valence-electron chi connectivity index (χ4n) is 4.63. The average Bonchev–Trinajstić information content (AvgIpc) is 3.73. The molecule has 8 nitrogen and oxygen atoms in total. The Hall–Kier alpha value is -4.50. The average molecular weight is 620 g/mol. The van der Waals surface area contributed by atoms with Gasteiger partial charge in [-0.2, -0.15) is 10.4 Å². The van der Waals surface area contributed by atoms with Crippen molar-refractivity contribution in [3.05, 3.63) is 124 Å². The lowest BCUT2D eigenvalue weighted by Gasteiger charge is -2.38. The number of alkyl halides is 1. The molecule has 0 fully saturated rings. The molecule has 0 N–H and O–H groups in total. The number of aromatic nitrogens is 4. The maximum Gasteiger partial charge on any atom is 0.340 e. The summed E-state index contributed by atoms with van der Waals surface area (Å²) in [4.78, 5) is 21.6. The molecular formula is C31H24ClF2N5O3S. The van der Waals surface area contributed by atoms with Gasteiger partial charge in [-0.3, -0.25) is 0 Å². The van der Waals surface area contributed by atoms with E-state index in [0.717, 1.165) is 23.3 Å². The van der Waals surface area contributed by atoms with Gasteiger partial charge in [-0.1, -0.05) is 37.3 Å². The number of halogens is 3. The number of nitriles is 1. The minimum absolute atomic E-state index is 0.0227. The summed E-state index contributed by atoms with van der Waals surface area (Å²) < 4.78 is 42.9. The van der Waals surface area contributed by atoms with Crippen molar-refractivity contribution in [3.63, 3.8) is 0 Å². The Morgan fingerprint density at radius 1 is 1.14 bits per heavy atom. The highest BCUT2D eigenvalue weighted by Crippen LogP contribution is 2.44. The molecule has 0 aliphatic rings. The van der Waals surface area contributed by atoms with Gasteiger partial charge in [0.15, 0.2) is 6.79 Å². The maximum absolute atomic E-state index is 15.6. The topological polar surface area (TPSA) is 103 Å². The summed E-state index contributed by atoms with van der Waals surface area (Å²) in [6.07, 6.45) is 2.77. The normalized spacial score (nSPS) is 13.2. The second-order valence-electron chi connectivity index (χ2n) is 9.61. The second kappa shape index (κ2) is 13.2. The second-order valence-corrected chi connectivity index (χ2v) is 10.8. The molecule has 0 saturated carbocycles. The highest BCUT2D eigenvalue weighted by atomic mass is 35.5. The summed E-state index contributed by atoms with van der Waals surface area (Å²) in [6, 6.07) is 18.9. The Bertz CT molecular complexity index is 1740. The van der Waals surface area contributed by atoms with E-state index in [-0.39, 0.29) is 17.7 Å². The zero-order valence-electron chi connectivity index (χ0n) is 22.8. The fourth-order valence-corrected chi connectivity index (χ4v) is 5.77. The van der Waals surface area contributed by atoms with E-state index >= 15 is 4.39 Å². The minimum Gasteiger partial charge on any atom is -0.435 e. The summed E-state index contributed by atoms with van der Waals surface area (Å²) in [5, 5.41) is 15.7. The number of nitrogens with zero attached hydrogens (tertiary/aromatic N) is 5. The van der Waals surface area contributed by atoms with Crippen LogP contribution in [0.25, 0.3) is 11.3 Å². The smallest absolute Gasteiger partial charge is 0.340 e.